The van der Waals surface area contributed by atoms with Crippen molar-refractivity contribution in [3.05, 3.63) is 71.8 Å². The fraction of sp³-hybridized carbons (Fsp3) is 0.478. The van der Waals surface area contributed by atoms with Crippen molar-refractivity contribution >= 4 is 0 Å². The van der Waals surface area contributed by atoms with Crippen LogP contribution in [0.15, 0.2) is 66.3 Å². The van der Waals surface area contributed by atoms with Gasteiger partial charge in [-0.1, -0.05) is 108 Å². The van der Waals surface area contributed by atoms with Gasteiger partial charge in [0.25, 0.3) is 0 Å². The van der Waals surface area contributed by atoms with Gasteiger partial charge in [0.2, 0.25) is 0 Å². The fourth-order valence-electron chi connectivity index (χ4n) is 3.55. The fourth-order valence-corrected chi connectivity index (χ4v) is 3.55. The Morgan fingerprint density at radius 2 is 1.43 bits per heavy atom. The van der Waals surface area contributed by atoms with Crippen molar-refractivity contribution in [2.24, 2.45) is 0 Å². The lowest BCUT2D eigenvalue weighted by molar-refractivity contribution is 0.345. The van der Waals surface area contributed by atoms with E-state index in [1.807, 2.05) is 27.7 Å². The normalized spacial score (nSPS) is 18.5. The topological polar surface area (TPSA) is 0 Å². The Hall–Kier alpha value is -1.56. The molecule has 1 aromatic carbocycles. The summed E-state index contributed by atoms with van der Waals surface area (Å²) < 4.78 is 0. The van der Waals surface area contributed by atoms with Crippen LogP contribution in [0.4, 0.5) is 0 Å². The molecule has 0 spiro atoms. The quantitative estimate of drug-likeness (QED) is 0.534. The molecule has 0 N–H and O–H groups in total. The summed E-state index contributed by atoms with van der Waals surface area (Å²) in [6.07, 6.45) is 19.2. The maximum Gasteiger partial charge on any atom is 0.0202 e. The highest BCUT2D eigenvalue weighted by atomic mass is 14.4. The minimum Gasteiger partial charge on any atom is -0.0807 e. The highest BCUT2D eigenvalue weighted by Crippen LogP contribution is 2.45. The van der Waals surface area contributed by atoms with E-state index in [1.54, 1.807) is 0 Å². The zero-order chi connectivity index (χ0) is 17.0. The van der Waals surface area contributed by atoms with E-state index in [2.05, 4.69) is 60.7 Å². The third-order valence-electron chi connectivity index (χ3n) is 4.57. The highest BCUT2D eigenvalue weighted by molar-refractivity contribution is 5.44. The van der Waals surface area contributed by atoms with Gasteiger partial charge in [-0.25, -0.2) is 0 Å². The molecule has 0 aliphatic heterocycles. The zero-order valence-corrected chi connectivity index (χ0v) is 15.5. The first-order valence-corrected chi connectivity index (χ1v) is 9.51. The van der Waals surface area contributed by atoms with E-state index in [1.165, 1.54) is 43.2 Å². The molecule has 0 amide bonds. The van der Waals surface area contributed by atoms with E-state index in [4.69, 9.17) is 0 Å². The van der Waals surface area contributed by atoms with Gasteiger partial charge in [0.05, 0.1) is 0 Å². The van der Waals surface area contributed by atoms with E-state index in [0.29, 0.717) is 0 Å². The molecule has 126 valence electrons. The predicted octanol–water partition coefficient (Wildman–Crippen LogP) is 7.38. The third-order valence-corrected chi connectivity index (χ3v) is 4.57. The molecule has 2 aliphatic carbocycles. The van der Waals surface area contributed by atoms with Crippen molar-refractivity contribution < 1.29 is 0 Å². The Kier molecular flexibility index (Phi) is 9.36. The molecular weight excluding hydrogens is 276 g/mol. The third kappa shape index (κ3) is 4.96. The SMILES string of the molecule is C1=CCC=CC(C2(c3ccccc3)CCCCC2)=C1.CC.CC. The number of benzene rings is 1. The second kappa shape index (κ2) is 11.0. The molecule has 0 atom stereocenters. The van der Waals surface area contributed by atoms with Crippen molar-refractivity contribution in [2.45, 2.75) is 71.6 Å². The predicted molar refractivity (Wildman–Crippen MR) is 105 cm³/mol. The van der Waals surface area contributed by atoms with Crippen molar-refractivity contribution in [3.8, 4) is 0 Å². The molecule has 0 aromatic heterocycles. The summed E-state index contributed by atoms with van der Waals surface area (Å²) in [5.74, 6) is 0. The van der Waals surface area contributed by atoms with Crippen LogP contribution >= 0.6 is 0 Å². The smallest absolute Gasteiger partial charge is 0.0202 e. The lowest BCUT2D eigenvalue weighted by Gasteiger charge is -2.39. The molecule has 1 aromatic rings. The molecule has 3 rings (SSSR count). The molecule has 0 bridgehead atoms. The number of allylic oxidation sites excluding steroid dienone is 6. The average molecular weight is 311 g/mol. The Morgan fingerprint density at radius 1 is 0.783 bits per heavy atom. The van der Waals surface area contributed by atoms with Crippen molar-refractivity contribution in [2.75, 3.05) is 0 Å². The molecule has 0 radical (unpaired) electrons. The van der Waals surface area contributed by atoms with Crippen LogP contribution in [-0.2, 0) is 5.41 Å². The van der Waals surface area contributed by atoms with Crippen molar-refractivity contribution in [1.29, 1.82) is 0 Å². The van der Waals surface area contributed by atoms with Crippen LogP contribution in [0.3, 0.4) is 0 Å². The van der Waals surface area contributed by atoms with E-state index in [9.17, 15) is 0 Å². The van der Waals surface area contributed by atoms with Gasteiger partial charge in [0, 0.05) is 5.41 Å². The molecule has 0 nitrogen and oxygen atoms in total. The lowest BCUT2D eigenvalue weighted by atomic mass is 9.64. The zero-order valence-electron chi connectivity index (χ0n) is 15.5. The highest BCUT2D eigenvalue weighted by Gasteiger charge is 2.36. The molecular formula is C23H34. The first-order chi connectivity index (χ1) is 11.4. The van der Waals surface area contributed by atoms with Gasteiger partial charge >= 0.3 is 0 Å². The molecule has 0 unspecified atom stereocenters. The van der Waals surface area contributed by atoms with Crippen LogP contribution in [0.25, 0.3) is 0 Å². The molecule has 0 saturated heterocycles. The summed E-state index contributed by atoms with van der Waals surface area (Å²) in [6, 6.07) is 11.1. The van der Waals surface area contributed by atoms with Gasteiger partial charge in [-0.3, -0.25) is 0 Å². The van der Waals surface area contributed by atoms with Gasteiger partial charge < -0.3 is 0 Å². The van der Waals surface area contributed by atoms with Crippen molar-refractivity contribution in [3.63, 3.8) is 0 Å². The monoisotopic (exact) mass is 310 g/mol. The minimum atomic E-state index is 0.255. The Bertz CT molecular complexity index is 496. The first-order valence-electron chi connectivity index (χ1n) is 9.51. The molecule has 0 heterocycles. The largest absolute Gasteiger partial charge is 0.0807 e. The molecule has 0 heteroatoms. The average Bonchev–Trinajstić information content (AvgIpc) is 2.96. The summed E-state index contributed by atoms with van der Waals surface area (Å²) in [5, 5.41) is 0. The van der Waals surface area contributed by atoms with E-state index in [-0.39, 0.29) is 5.41 Å². The summed E-state index contributed by atoms with van der Waals surface area (Å²) in [6.45, 7) is 8.00. The maximum absolute atomic E-state index is 2.36. The Morgan fingerprint density at radius 3 is 2.09 bits per heavy atom. The number of rotatable bonds is 2. The van der Waals surface area contributed by atoms with Crippen LogP contribution < -0.4 is 0 Å². The van der Waals surface area contributed by atoms with Gasteiger partial charge in [0.1, 0.15) is 0 Å². The van der Waals surface area contributed by atoms with Crippen LogP contribution in [0.5, 0.6) is 0 Å². The molecule has 1 saturated carbocycles. The summed E-state index contributed by atoms with van der Waals surface area (Å²) >= 11 is 0. The van der Waals surface area contributed by atoms with Crippen LogP contribution in [0.2, 0.25) is 0 Å². The van der Waals surface area contributed by atoms with Crippen molar-refractivity contribution in [1.82, 2.24) is 0 Å². The van der Waals surface area contributed by atoms with Gasteiger partial charge in [-0.2, -0.15) is 0 Å². The van der Waals surface area contributed by atoms with E-state index >= 15 is 0 Å². The van der Waals surface area contributed by atoms with Crippen LogP contribution in [0, 0.1) is 0 Å². The van der Waals surface area contributed by atoms with E-state index < -0.39 is 0 Å². The first kappa shape index (κ1) is 19.5. The Balaban J connectivity index is 0.000000615. The van der Waals surface area contributed by atoms with Gasteiger partial charge in [0.15, 0.2) is 0 Å². The molecule has 2 aliphatic rings. The van der Waals surface area contributed by atoms with Crippen LogP contribution in [0.1, 0.15) is 71.8 Å². The minimum absolute atomic E-state index is 0.255. The second-order valence-electron chi connectivity index (χ2n) is 5.70. The standard InChI is InChI=1S/C19H22.2C2H6/c1-2-6-12-17(11-5-1)19(15-9-4-10-16-19)18-13-7-3-8-14-18;2*1-2/h1,3,5-8,11-14H,2,4,9-10,15-16H2;2*1-2H3. The lowest BCUT2D eigenvalue weighted by Crippen LogP contribution is -2.30. The summed E-state index contributed by atoms with van der Waals surface area (Å²) in [4.78, 5) is 0. The summed E-state index contributed by atoms with van der Waals surface area (Å²) in [7, 11) is 0. The Labute approximate surface area is 144 Å². The maximum atomic E-state index is 2.36. The molecule has 1 fully saturated rings. The van der Waals surface area contributed by atoms with Gasteiger partial charge in [-0.15, -0.1) is 0 Å². The second-order valence-corrected chi connectivity index (χ2v) is 5.70. The summed E-state index contributed by atoms with van der Waals surface area (Å²) in [5.41, 5.74) is 3.26. The van der Waals surface area contributed by atoms with E-state index in [0.717, 1.165) is 6.42 Å². The molecule has 23 heavy (non-hydrogen) atoms. The number of hydrogen-bond acceptors (Lipinski definition) is 0. The van der Waals surface area contributed by atoms with Gasteiger partial charge in [-0.05, 0) is 30.4 Å². The van der Waals surface area contributed by atoms with Crippen LogP contribution in [-0.4, -0.2) is 0 Å². The number of hydrogen-bond donors (Lipinski definition) is 0.